The summed E-state index contributed by atoms with van der Waals surface area (Å²) in [6.45, 7) is 4.53. The van der Waals surface area contributed by atoms with E-state index in [4.69, 9.17) is 4.74 Å². The van der Waals surface area contributed by atoms with Gasteiger partial charge in [-0.1, -0.05) is 32.0 Å². The fraction of sp³-hybridized carbons (Fsp3) is 0.556. The van der Waals surface area contributed by atoms with E-state index in [0.29, 0.717) is 25.3 Å². The number of carbonyl (C=O) groups excluding carboxylic acids is 1. The molecule has 0 spiro atoms. The van der Waals surface area contributed by atoms with E-state index < -0.39 is 12.0 Å². The van der Waals surface area contributed by atoms with Crippen molar-refractivity contribution in [2.45, 2.75) is 45.1 Å². The van der Waals surface area contributed by atoms with Crippen LogP contribution in [0.3, 0.4) is 0 Å². The van der Waals surface area contributed by atoms with Gasteiger partial charge in [-0.05, 0) is 36.3 Å². The van der Waals surface area contributed by atoms with Crippen LogP contribution in [0.1, 0.15) is 44.6 Å². The lowest BCUT2D eigenvalue weighted by Crippen LogP contribution is -2.50. The number of hydrogen-bond acceptors (Lipinski definition) is 3. The van der Waals surface area contributed by atoms with Gasteiger partial charge in [0.25, 0.3) is 0 Å². The summed E-state index contributed by atoms with van der Waals surface area (Å²) in [7, 11) is 1.61. The second-order valence-corrected chi connectivity index (χ2v) is 6.42. The molecule has 1 aliphatic rings. The van der Waals surface area contributed by atoms with E-state index in [1.165, 1.54) is 4.90 Å². The van der Waals surface area contributed by atoms with E-state index in [1.807, 2.05) is 38.1 Å². The smallest absolute Gasteiger partial charge is 0.326 e. The third-order valence-electron chi connectivity index (χ3n) is 4.62. The van der Waals surface area contributed by atoms with Crippen molar-refractivity contribution in [1.29, 1.82) is 0 Å². The van der Waals surface area contributed by atoms with Crippen LogP contribution in [0.15, 0.2) is 24.3 Å². The average molecular weight is 319 g/mol. The highest BCUT2D eigenvalue weighted by Crippen LogP contribution is 2.30. The molecule has 1 N–H and O–H groups in total. The minimum atomic E-state index is -0.908. The number of ether oxygens (including phenoxy) is 1. The zero-order chi connectivity index (χ0) is 17.0. The molecule has 0 bridgehead atoms. The van der Waals surface area contributed by atoms with Crippen LogP contribution in [0.4, 0.5) is 0 Å². The number of rotatable bonds is 5. The molecule has 1 saturated heterocycles. The van der Waals surface area contributed by atoms with Crippen molar-refractivity contribution in [2.24, 2.45) is 5.92 Å². The van der Waals surface area contributed by atoms with E-state index in [-0.39, 0.29) is 11.8 Å². The van der Waals surface area contributed by atoms with Crippen LogP contribution >= 0.6 is 0 Å². The summed E-state index contributed by atoms with van der Waals surface area (Å²) in [6, 6.07) is 6.93. The first-order valence-corrected chi connectivity index (χ1v) is 8.09. The Bertz CT molecular complexity index is 572. The molecular weight excluding hydrogens is 294 g/mol. The summed E-state index contributed by atoms with van der Waals surface area (Å²) in [4.78, 5) is 25.6. The van der Waals surface area contributed by atoms with Crippen molar-refractivity contribution in [3.63, 3.8) is 0 Å². The molecule has 1 aliphatic heterocycles. The van der Waals surface area contributed by atoms with Crippen LogP contribution in [0.2, 0.25) is 0 Å². The van der Waals surface area contributed by atoms with Crippen molar-refractivity contribution in [3.8, 4) is 5.75 Å². The van der Waals surface area contributed by atoms with Gasteiger partial charge in [-0.25, -0.2) is 4.79 Å². The Morgan fingerprint density at radius 3 is 2.74 bits per heavy atom. The lowest BCUT2D eigenvalue weighted by Gasteiger charge is -2.36. The van der Waals surface area contributed by atoms with Crippen LogP contribution in [0.25, 0.3) is 0 Å². The molecule has 23 heavy (non-hydrogen) atoms. The minimum absolute atomic E-state index is 0.0209. The summed E-state index contributed by atoms with van der Waals surface area (Å²) in [5.41, 5.74) is 0.973. The van der Waals surface area contributed by atoms with Gasteiger partial charge in [-0.2, -0.15) is 0 Å². The first-order chi connectivity index (χ1) is 10.9. The highest BCUT2D eigenvalue weighted by atomic mass is 16.5. The van der Waals surface area contributed by atoms with E-state index >= 15 is 0 Å². The third-order valence-corrected chi connectivity index (χ3v) is 4.62. The van der Waals surface area contributed by atoms with E-state index in [9.17, 15) is 14.7 Å². The molecule has 1 aromatic rings. The molecule has 1 heterocycles. The van der Waals surface area contributed by atoms with Crippen LogP contribution in [0, 0.1) is 5.92 Å². The van der Waals surface area contributed by atoms with Crippen molar-refractivity contribution < 1.29 is 19.4 Å². The van der Waals surface area contributed by atoms with Crippen LogP contribution in [-0.4, -0.2) is 41.6 Å². The summed E-state index contributed by atoms with van der Waals surface area (Å²) in [5.74, 6) is 0.0756. The summed E-state index contributed by atoms with van der Waals surface area (Å²) >= 11 is 0. The number of para-hydroxylation sites is 1. The number of methoxy groups -OCH3 is 1. The Labute approximate surface area is 137 Å². The van der Waals surface area contributed by atoms with Gasteiger partial charge >= 0.3 is 5.97 Å². The number of likely N-dealkylation sites (tertiary alicyclic amines) is 1. The van der Waals surface area contributed by atoms with Crippen molar-refractivity contribution in [2.75, 3.05) is 13.7 Å². The molecule has 3 unspecified atom stereocenters. The first-order valence-electron chi connectivity index (χ1n) is 8.09. The van der Waals surface area contributed by atoms with Gasteiger partial charge in [0.2, 0.25) is 5.91 Å². The highest BCUT2D eigenvalue weighted by Gasteiger charge is 2.35. The number of hydrogen-bond donors (Lipinski definition) is 1. The summed E-state index contributed by atoms with van der Waals surface area (Å²) < 4.78 is 5.35. The fourth-order valence-corrected chi connectivity index (χ4v) is 3.24. The highest BCUT2D eigenvalue weighted by molar-refractivity contribution is 5.84. The van der Waals surface area contributed by atoms with Gasteiger partial charge < -0.3 is 14.7 Å². The second kappa shape index (κ2) is 7.49. The molecule has 0 aliphatic carbocycles. The predicted octanol–water partition coefficient (Wildman–Crippen LogP) is 2.90. The molecule has 1 aromatic carbocycles. The van der Waals surface area contributed by atoms with Crippen molar-refractivity contribution >= 4 is 11.9 Å². The largest absolute Gasteiger partial charge is 0.496 e. The molecule has 126 valence electrons. The predicted molar refractivity (Wildman–Crippen MR) is 87.6 cm³/mol. The normalized spacial score (nSPS) is 22.5. The fourth-order valence-electron chi connectivity index (χ4n) is 3.24. The van der Waals surface area contributed by atoms with Crippen LogP contribution in [0.5, 0.6) is 5.75 Å². The maximum Gasteiger partial charge on any atom is 0.326 e. The van der Waals surface area contributed by atoms with E-state index in [2.05, 4.69) is 0 Å². The molecule has 5 nitrogen and oxygen atoms in total. The Hall–Kier alpha value is -2.04. The topological polar surface area (TPSA) is 66.8 Å². The zero-order valence-corrected chi connectivity index (χ0v) is 14.0. The molecule has 3 atom stereocenters. The number of carbonyl (C=O) groups is 2. The Balaban J connectivity index is 2.09. The number of piperidine rings is 1. The van der Waals surface area contributed by atoms with E-state index in [0.717, 1.165) is 17.7 Å². The quantitative estimate of drug-likeness (QED) is 0.906. The number of benzene rings is 1. The van der Waals surface area contributed by atoms with Gasteiger partial charge in [0.15, 0.2) is 0 Å². The average Bonchev–Trinajstić information content (AvgIpc) is 2.54. The number of amides is 1. The van der Waals surface area contributed by atoms with Gasteiger partial charge in [0.1, 0.15) is 11.8 Å². The summed E-state index contributed by atoms with van der Waals surface area (Å²) in [6.07, 6.45) is 1.68. The molecule has 0 radical (unpaired) electrons. The molecule has 1 fully saturated rings. The molecule has 2 rings (SSSR count). The molecule has 1 amide bonds. The Kier molecular flexibility index (Phi) is 5.64. The maximum absolute atomic E-state index is 12.6. The third kappa shape index (κ3) is 4.03. The second-order valence-electron chi connectivity index (χ2n) is 6.42. The van der Waals surface area contributed by atoms with Gasteiger partial charge in [0.05, 0.1) is 7.11 Å². The maximum atomic E-state index is 12.6. The van der Waals surface area contributed by atoms with E-state index in [1.54, 1.807) is 7.11 Å². The minimum Gasteiger partial charge on any atom is -0.496 e. The molecule has 5 heteroatoms. The van der Waals surface area contributed by atoms with Crippen molar-refractivity contribution in [1.82, 2.24) is 4.90 Å². The van der Waals surface area contributed by atoms with Crippen molar-refractivity contribution in [3.05, 3.63) is 29.8 Å². The lowest BCUT2D eigenvalue weighted by molar-refractivity contribution is -0.153. The monoisotopic (exact) mass is 319 g/mol. The Morgan fingerprint density at radius 2 is 2.09 bits per heavy atom. The summed E-state index contributed by atoms with van der Waals surface area (Å²) in [5, 5.41) is 9.39. The van der Waals surface area contributed by atoms with Crippen LogP contribution in [-0.2, 0) is 9.59 Å². The first kappa shape index (κ1) is 17.3. The molecule has 0 aromatic heterocycles. The number of nitrogens with zero attached hydrogens (tertiary/aromatic N) is 1. The number of carboxylic acids is 1. The van der Waals surface area contributed by atoms with Crippen LogP contribution < -0.4 is 4.74 Å². The molecule has 0 saturated carbocycles. The number of carboxylic acid groups (broad SMARTS) is 1. The molecular formula is C18H25NO4. The van der Waals surface area contributed by atoms with Gasteiger partial charge in [0, 0.05) is 13.0 Å². The van der Waals surface area contributed by atoms with Gasteiger partial charge in [-0.3, -0.25) is 4.79 Å². The number of aliphatic carboxylic acids is 1. The Morgan fingerprint density at radius 1 is 1.39 bits per heavy atom. The van der Waals surface area contributed by atoms with Gasteiger partial charge in [-0.15, -0.1) is 0 Å². The zero-order valence-electron chi connectivity index (χ0n) is 14.0. The SMILES string of the molecule is COc1ccccc1C(C)CC(=O)N1CCC(C)CC1C(=O)O. The standard InChI is InChI=1S/C18H25NO4/c1-12-8-9-19(15(10-12)18(21)22)17(20)11-13(2)14-6-4-5-7-16(14)23-3/h4-7,12-13,15H,8-11H2,1-3H3,(H,21,22). The lowest BCUT2D eigenvalue weighted by atomic mass is 9.90.